The van der Waals surface area contributed by atoms with Gasteiger partial charge in [0.15, 0.2) is 0 Å². The van der Waals surface area contributed by atoms with Gasteiger partial charge >= 0.3 is 0 Å². The van der Waals surface area contributed by atoms with Crippen molar-refractivity contribution in [3.05, 3.63) is 35.9 Å². The number of amides is 1. The van der Waals surface area contributed by atoms with Gasteiger partial charge < -0.3 is 5.32 Å². The highest BCUT2D eigenvalue weighted by molar-refractivity contribution is 7.89. The molecule has 1 heterocycles. The zero-order chi connectivity index (χ0) is 19.6. The number of nitrogens with zero attached hydrogens (tertiary/aromatic N) is 1. The van der Waals surface area contributed by atoms with Crippen molar-refractivity contribution in [2.45, 2.75) is 57.4 Å². The first-order valence-corrected chi connectivity index (χ1v) is 12.4. The summed E-state index contributed by atoms with van der Waals surface area (Å²) >= 11 is 0. The van der Waals surface area contributed by atoms with Crippen molar-refractivity contribution in [2.24, 2.45) is 17.8 Å². The molecule has 1 aliphatic heterocycles. The van der Waals surface area contributed by atoms with Crippen molar-refractivity contribution in [3.63, 3.8) is 0 Å². The van der Waals surface area contributed by atoms with Crippen molar-refractivity contribution in [2.75, 3.05) is 18.8 Å². The van der Waals surface area contributed by atoms with Crippen LogP contribution >= 0.6 is 0 Å². The summed E-state index contributed by atoms with van der Waals surface area (Å²) < 4.78 is 27.1. The van der Waals surface area contributed by atoms with Gasteiger partial charge in [-0.2, -0.15) is 0 Å². The van der Waals surface area contributed by atoms with Crippen LogP contribution in [0.4, 0.5) is 0 Å². The Balaban J connectivity index is 1.28. The normalized spacial score (nSPS) is 30.4. The maximum Gasteiger partial charge on any atom is 0.224 e. The molecule has 4 atom stereocenters. The maximum atomic E-state index is 12.8. The van der Waals surface area contributed by atoms with Gasteiger partial charge in [0.1, 0.15) is 0 Å². The van der Waals surface area contributed by atoms with Crippen molar-refractivity contribution < 1.29 is 13.2 Å². The molecule has 3 aliphatic rings. The van der Waals surface area contributed by atoms with Crippen molar-refractivity contribution in [1.82, 2.24) is 9.62 Å². The van der Waals surface area contributed by atoms with Crippen LogP contribution in [-0.2, 0) is 21.2 Å². The molecule has 4 rings (SSSR count). The summed E-state index contributed by atoms with van der Waals surface area (Å²) in [5.74, 6) is 1.47. The van der Waals surface area contributed by atoms with E-state index >= 15 is 0 Å². The molecule has 2 aliphatic carbocycles. The number of fused-ring (bicyclic) bond motifs is 2. The van der Waals surface area contributed by atoms with E-state index in [1.807, 2.05) is 30.3 Å². The smallest absolute Gasteiger partial charge is 0.224 e. The van der Waals surface area contributed by atoms with E-state index in [0.29, 0.717) is 31.5 Å². The minimum absolute atomic E-state index is 0.0711. The average Bonchev–Trinajstić information content (AvgIpc) is 3.32. The van der Waals surface area contributed by atoms with E-state index in [4.69, 9.17) is 0 Å². The van der Waals surface area contributed by atoms with E-state index in [2.05, 4.69) is 5.32 Å². The highest BCUT2D eigenvalue weighted by atomic mass is 32.2. The summed E-state index contributed by atoms with van der Waals surface area (Å²) in [7, 11) is -3.30. The fourth-order valence-electron chi connectivity index (χ4n) is 5.36. The second-order valence-electron chi connectivity index (χ2n) is 8.89. The quantitative estimate of drug-likeness (QED) is 0.760. The molecule has 154 valence electrons. The number of piperidine rings is 1. The van der Waals surface area contributed by atoms with Gasteiger partial charge in [-0.25, -0.2) is 12.7 Å². The van der Waals surface area contributed by atoms with Crippen molar-refractivity contribution in [1.29, 1.82) is 0 Å². The number of sulfonamides is 1. The van der Waals surface area contributed by atoms with Crippen LogP contribution in [-0.4, -0.2) is 43.5 Å². The predicted molar refractivity (Wildman–Crippen MR) is 110 cm³/mol. The second kappa shape index (κ2) is 8.54. The molecule has 0 aromatic heterocycles. The summed E-state index contributed by atoms with van der Waals surface area (Å²) in [5.41, 5.74) is 1.17. The summed E-state index contributed by atoms with van der Waals surface area (Å²) in [6.45, 7) is 0.895. The Morgan fingerprint density at radius 2 is 1.93 bits per heavy atom. The van der Waals surface area contributed by atoms with Crippen molar-refractivity contribution in [3.8, 4) is 0 Å². The molecule has 0 spiro atoms. The summed E-state index contributed by atoms with van der Waals surface area (Å²) in [6.07, 6.45) is 7.88. The van der Waals surface area contributed by atoms with Crippen LogP contribution in [0.2, 0.25) is 0 Å². The lowest BCUT2D eigenvalue weighted by Crippen LogP contribution is -2.49. The van der Waals surface area contributed by atoms with Gasteiger partial charge in [-0.1, -0.05) is 36.8 Å². The van der Waals surface area contributed by atoms with Crippen LogP contribution in [0.5, 0.6) is 0 Å². The highest BCUT2D eigenvalue weighted by Gasteiger charge is 2.41. The van der Waals surface area contributed by atoms with E-state index in [1.165, 1.54) is 24.8 Å². The lowest BCUT2D eigenvalue weighted by atomic mass is 9.93. The van der Waals surface area contributed by atoms with Gasteiger partial charge in [0.25, 0.3) is 0 Å². The maximum absolute atomic E-state index is 12.8. The molecular formula is C22H32N2O3S. The molecule has 2 saturated carbocycles. The fourth-order valence-corrected chi connectivity index (χ4v) is 6.95. The molecule has 1 aromatic carbocycles. The minimum atomic E-state index is -3.30. The summed E-state index contributed by atoms with van der Waals surface area (Å²) in [5, 5.41) is 3.26. The zero-order valence-electron chi connectivity index (χ0n) is 16.6. The second-order valence-corrected chi connectivity index (χ2v) is 11.0. The molecule has 0 radical (unpaired) electrons. The van der Waals surface area contributed by atoms with Gasteiger partial charge in [-0.3, -0.25) is 4.79 Å². The topological polar surface area (TPSA) is 66.5 Å². The Hall–Kier alpha value is -1.40. The standard InChI is InChI=1S/C22H32N2O3S/c25-22(23-21-15-18-10-11-19(21)14-18)20-9-4-12-24(16-20)28(26,27)13-5-8-17-6-2-1-3-7-17/h1-3,6-7,18-21H,4-5,8-16H2,(H,23,25)/t18-,19-,20+,21+/m0/s1. The van der Waals surface area contributed by atoms with E-state index in [1.54, 1.807) is 4.31 Å². The molecule has 3 fully saturated rings. The first-order chi connectivity index (χ1) is 13.5. The van der Waals surface area contributed by atoms with Crippen LogP contribution in [0.25, 0.3) is 0 Å². The lowest BCUT2D eigenvalue weighted by molar-refractivity contribution is -0.127. The van der Waals surface area contributed by atoms with Crippen LogP contribution in [0.1, 0.15) is 50.5 Å². The minimum Gasteiger partial charge on any atom is -0.353 e. The van der Waals surface area contributed by atoms with Crippen LogP contribution in [0.3, 0.4) is 0 Å². The van der Waals surface area contributed by atoms with E-state index < -0.39 is 10.0 Å². The third-order valence-electron chi connectivity index (χ3n) is 6.92. The number of carbonyl (C=O) groups is 1. The molecule has 0 unspecified atom stereocenters. The highest BCUT2D eigenvalue weighted by Crippen LogP contribution is 2.44. The Kier molecular flexibility index (Phi) is 6.07. The number of hydrogen-bond donors (Lipinski definition) is 1. The van der Waals surface area contributed by atoms with E-state index in [9.17, 15) is 13.2 Å². The Bertz CT molecular complexity index is 780. The van der Waals surface area contributed by atoms with Crippen molar-refractivity contribution >= 4 is 15.9 Å². The monoisotopic (exact) mass is 404 g/mol. The molecule has 6 heteroatoms. The Labute approximate surface area is 168 Å². The fraction of sp³-hybridized carbons (Fsp3) is 0.682. The molecule has 2 bridgehead atoms. The molecular weight excluding hydrogens is 372 g/mol. The molecule has 5 nitrogen and oxygen atoms in total. The predicted octanol–water partition coefficient (Wildman–Crippen LogP) is 2.97. The lowest BCUT2D eigenvalue weighted by Gasteiger charge is -2.33. The van der Waals surface area contributed by atoms with Gasteiger partial charge in [0.2, 0.25) is 15.9 Å². The average molecular weight is 405 g/mol. The first-order valence-electron chi connectivity index (χ1n) is 10.8. The number of carbonyl (C=O) groups excluding carboxylic acids is 1. The molecule has 28 heavy (non-hydrogen) atoms. The first kappa shape index (κ1) is 19.9. The third kappa shape index (κ3) is 4.60. The van der Waals surface area contributed by atoms with Gasteiger partial charge in [-0.05, 0) is 62.3 Å². The van der Waals surface area contributed by atoms with Crippen LogP contribution in [0, 0.1) is 17.8 Å². The largest absolute Gasteiger partial charge is 0.353 e. The van der Waals surface area contributed by atoms with Gasteiger partial charge in [0.05, 0.1) is 11.7 Å². The summed E-state index contributed by atoms with van der Waals surface area (Å²) in [6, 6.07) is 10.3. The number of benzene rings is 1. The molecule has 1 aromatic rings. The van der Waals surface area contributed by atoms with Gasteiger partial charge in [0, 0.05) is 19.1 Å². The van der Waals surface area contributed by atoms with E-state index in [-0.39, 0.29) is 17.6 Å². The van der Waals surface area contributed by atoms with Crippen LogP contribution < -0.4 is 5.32 Å². The molecule has 1 N–H and O–H groups in total. The number of nitrogens with one attached hydrogen (secondary N) is 1. The van der Waals surface area contributed by atoms with E-state index in [0.717, 1.165) is 31.6 Å². The molecule has 1 saturated heterocycles. The molecule has 1 amide bonds. The van der Waals surface area contributed by atoms with Crippen LogP contribution in [0.15, 0.2) is 30.3 Å². The number of hydrogen-bond acceptors (Lipinski definition) is 3. The Morgan fingerprint density at radius 1 is 1.11 bits per heavy atom. The van der Waals surface area contributed by atoms with Gasteiger partial charge in [-0.15, -0.1) is 0 Å². The summed E-state index contributed by atoms with van der Waals surface area (Å²) in [4.78, 5) is 12.8. The zero-order valence-corrected chi connectivity index (χ0v) is 17.4. The Morgan fingerprint density at radius 3 is 2.64 bits per heavy atom. The SMILES string of the molecule is O=C(N[C@@H]1C[C@H]2CC[C@H]1C2)[C@@H]1CCCN(S(=O)(=O)CCCc2ccccc2)C1. The third-order valence-corrected chi connectivity index (χ3v) is 8.85. The number of aryl methyl sites for hydroxylation is 1. The number of rotatable bonds is 7.